The molecule has 0 spiro atoms. The molecule has 9 nitrogen and oxygen atoms in total. The predicted molar refractivity (Wildman–Crippen MR) is 132 cm³/mol. The molecular weight excluding hydrogens is 450 g/mol. The zero-order chi connectivity index (χ0) is 22.9. The van der Waals surface area contributed by atoms with Gasteiger partial charge in [-0.3, -0.25) is 0 Å². The Bertz CT molecular complexity index is 1150. The van der Waals surface area contributed by atoms with Crippen LogP contribution in [-0.4, -0.2) is 72.5 Å². The van der Waals surface area contributed by atoms with Gasteiger partial charge in [-0.2, -0.15) is 0 Å². The molecule has 3 aliphatic rings. The van der Waals surface area contributed by atoms with Crippen LogP contribution in [0.2, 0.25) is 0 Å². The number of benzene rings is 1. The molecule has 0 aliphatic carbocycles. The fourth-order valence-electron chi connectivity index (χ4n) is 4.58. The number of nitrogens with zero attached hydrogens (tertiary/aromatic N) is 6. The van der Waals surface area contributed by atoms with Gasteiger partial charge in [0.15, 0.2) is 5.82 Å². The van der Waals surface area contributed by atoms with Crippen LogP contribution in [0, 0.1) is 0 Å². The molecule has 3 aromatic rings. The van der Waals surface area contributed by atoms with Crippen molar-refractivity contribution < 1.29 is 9.47 Å². The van der Waals surface area contributed by atoms with Crippen molar-refractivity contribution in [1.29, 1.82) is 0 Å². The molecule has 0 amide bonds. The maximum absolute atomic E-state index is 5.68. The standard InChI is InChI=1S/C24H27N7O2S/c25-24-26-14-17(15-27-24)22-28-19-13-20(34-21(19)23(29-22)31-7-11-33-12-8-31)16-1-3-18(4-2-16)30-5-9-32-10-6-30/h1-4,14-15,20H,5-13H2,(H2,25,26,27). The lowest BCUT2D eigenvalue weighted by atomic mass is 10.1. The Balaban J connectivity index is 1.30. The third kappa shape index (κ3) is 4.28. The third-order valence-corrected chi connectivity index (χ3v) is 7.82. The number of hydrogen-bond donors (Lipinski definition) is 1. The molecule has 0 bridgehead atoms. The minimum atomic E-state index is 0.245. The fourth-order valence-corrected chi connectivity index (χ4v) is 5.95. The van der Waals surface area contributed by atoms with E-state index in [9.17, 15) is 0 Å². The molecule has 1 atom stereocenters. The highest BCUT2D eigenvalue weighted by molar-refractivity contribution is 8.00. The van der Waals surface area contributed by atoms with Gasteiger partial charge in [0.25, 0.3) is 0 Å². The van der Waals surface area contributed by atoms with Crippen LogP contribution in [0.3, 0.4) is 0 Å². The minimum absolute atomic E-state index is 0.245. The summed E-state index contributed by atoms with van der Waals surface area (Å²) in [4.78, 5) is 24.0. The Morgan fingerprint density at radius 1 is 0.853 bits per heavy atom. The van der Waals surface area contributed by atoms with Gasteiger partial charge in [0.05, 0.1) is 42.6 Å². The highest BCUT2D eigenvalue weighted by Gasteiger charge is 2.32. The number of hydrogen-bond acceptors (Lipinski definition) is 10. The van der Waals surface area contributed by atoms with Gasteiger partial charge in [0.1, 0.15) is 5.82 Å². The number of rotatable bonds is 4. The monoisotopic (exact) mass is 477 g/mol. The fraction of sp³-hybridized carbons (Fsp3) is 0.417. The maximum atomic E-state index is 5.68. The number of morpholine rings is 2. The smallest absolute Gasteiger partial charge is 0.219 e. The first-order valence-electron chi connectivity index (χ1n) is 11.7. The van der Waals surface area contributed by atoms with Crippen molar-refractivity contribution in [3.05, 3.63) is 47.9 Å². The number of nitrogens with two attached hydrogens (primary N) is 1. The second kappa shape index (κ2) is 9.36. The first-order chi connectivity index (χ1) is 16.7. The summed E-state index contributed by atoms with van der Waals surface area (Å²) in [6, 6.07) is 8.97. The number of aromatic nitrogens is 4. The molecule has 2 saturated heterocycles. The van der Waals surface area contributed by atoms with Crippen molar-refractivity contribution in [2.75, 3.05) is 68.1 Å². The van der Waals surface area contributed by atoms with Crippen molar-refractivity contribution in [2.24, 2.45) is 0 Å². The Labute approximate surface area is 202 Å². The molecule has 3 aliphatic heterocycles. The second-order valence-corrected chi connectivity index (χ2v) is 9.79. The molecular formula is C24H27N7O2S. The van der Waals surface area contributed by atoms with Gasteiger partial charge in [0.2, 0.25) is 5.95 Å². The summed E-state index contributed by atoms with van der Waals surface area (Å²) in [5.41, 5.74) is 10.1. The van der Waals surface area contributed by atoms with E-state index in [1.807, 2.05) is 11.8 Å². The van der Waals surface area contributed by atoms with Crippen LogP contribution < -0.4 is 15.5 Å². The second-order valence-electron chi connectivity index (χ2n) is 8.58. The number of thioether (sulfide) groups is 1. The molecule has 1 aromatic carbocycles. The van der Waals surface area contributed by atoms with E-state index in [0.29, 0.717) is 24.3 Å². The van der Waals surface area contributed by atoms with Crippen LogP contribution in [0.5, 0.6) is 0 Å². The zero-order valence-electron chi connectivity index (χ0n) is 18.9. The first kappa shape index (κ1) is 21.6. The van der Waals surface area contributed by atoms with E-state index in [2.05, 4.69) is 44.0 Å². The largest absolute Gasteiger partial charge is 0.378 e. The van der Waals surface area contributed by atoms with Crippen LogP contribution >= 0.6 is 11.8 Å². The van der Waals surface area contributed by atoms with Crippen molar-refractivity contribution in [3.63, 3.8) is 0 Å². The van der Waals surface area contributed by atoms with Gasteiger partial charge in [-0.05, 0) is 17.7 Å². The average Bonchev–Trinajstić information content (AvgIpc) is 3.34. The van der Waals surface area contributed by atoms with Gasteiger partial charge < -0.3 is 25.0 Å². The molecule has 1 unspecified atom stereocenters. The molecule has 6 rings (SSSR count). The van der Waals surface area contributed by atoms with Crippen molar-refractivity contribution in [3.8, 4) is 11.4 Å². The summed E-state index contributed by atoms with van der Waals surface area (Å²) in [6.07, 6.45) is 4.24. The quantitative estimate of drug-likeness (QED) is 0.603. The summed E-state index contributed by atoms with van der Waals surface area (Å²) in [5.74, 6) is 1.87. The predicted octanol–water partition coefficient (Wildman–Crippen LogP) is 2.58. The Hall–Kier alpha value is -2.95. The lowest BCUT2D eigenvalue weighted by molar-refractivity contribution is 0.122. The Morgan fingerprint density at radius 3 is 2.18 bits per heavy atom. The molecule has 34 heavy (non-hydrogen) atoms. The topological polar surface area (TPSA) is 103 Å². The highest BCUT2D eigenvalue weighted by Crippen LogP contribution is 2.50. The van der Waals surface area contributed by atoms with E-state index in [4.69, 9.17) is 25.2 Å². The average molecular weight is 478 g/mol. The summed E-state index contributed by atoms with van der Waals surface area (Å²) in [6.45, 7) is 6.52. The van der Waals surface area contributed by atoms with E-state index in [1.54, 1.807) is 12.4 Å². The molecule has 5 heterocycles. The summed E-state index contributed by atoms with van der Waals surface area (Å²) in [5, 5.41) is 0.306. The molecule has 0 radical (unpaired) electrons. The number of ether oxygens (including phenoxy) is 2. The van der Waals surface area contributed by atoms with Gasteiger partial charge in [-0.1, -0.05) is 12.1 Å². The van der Waals surface area contributed by atoms with E-state index in [-0.39, 0.29) is 5.95 Å². The van der Waals surface area contributed by atoms with E-state index in [1.165, 1.54) is 16.1 Å². The van der Waals surface area contributed by atoms with Crippen molar-refractivity contribution in [2.45, 2.75) is 16.6 Å². The van der Waals surface area contributed by atoms with Crippen LogP contribution in [0.4, 0.5) is 17.5 Å². The van der Waals surface area contributed by atoms with E-state index < -0.39 is 0 Å². The molecule has 2 fully saturated rings. The summed E-state index contributed by atoms with van der Waals surface area (Å²) < 4.78 is 11.1. The number of anilines is 3. The lowest BCUT2D eigenvalue weighted by Gasteiger charge is -2.29. The van der Waals surface area contributed by atoms with E-state index >= 15 is 0 Å². The molecule has 176 valence electrons. The third-order valence-electron chi connectivity index (χ3n) is 6.44. The minimum Gasteiger partial charge on any atom is -0.378 e. The van der Waals surface area contributed by atoms with Gasteiger partial charge >= 0.3 is 0 Å². The van der Waals surface area contributed by atoms with Crippen molar-refractivity contribution in [1.82, 2.24) is 19.9 Å². The van der Waals surface area contributed by atoms with Crippen molar-refractivity contribution >= 4 is 29.2 Å². The van der Waals surface area contributed by atoms with Gasteiger partial charge in [0, 0.05) is 55.9 Å². The summed E-state index contributed by atoms with van der Waals surface area (Å²) >= 11 is 1.86. The molecule has 2 N–H and O–H groups in total. The first-order valence-corrected chi connectivity index (χ1v) is 12.5. The van der Waals surface area contributed by atoms with E-state index in [0.717, 1.165) is 62.9 Å². The van der Waals surface area contributed by atoms with Crippen LogP contribution in [0.15, 0.2) is 41.6 Å². The van der Waals surface area contributed by atoms with Gasteiger partial charge in [-0.15, -0.1) is 11.8 Å². The summed E-state index contributed by atoms with van der Waals surface area (Å²) in [7, 11) is 0. The maximum Gasteiger partial charge on any atom is 0.219 e. The molecule has 2 aromatic heterocycles. The van der Waals surface area contributed by atoms with Gasteiger partial charge in [-0.25, -0.2) is 19.9 Å². The zero-order valence-corrected chi connectivity index (χ0v) is 19.7. The Morgan fingerprint density at radius 2 is 1.50 bits per heavy atom. The highest BCUT2D eigenvalue weighted by atomic mass is 32.2. The van der Waals surface area contributed by atoms with Crippen LogP contribution in [0.25, 0.3) is 11.4 Å². The number of nitrogen functional groups attached to an aromatic ring is 1. The molecule has 10 heteroatoms. The van der Waals surface area contributed by atoms with Crippen LogP contribution in [-0.2, 0) is 15.9 Å². The normalized spacial score (nSPS) is 20.4. The number of fused-ring (bicyclic) bond motifs is 1. The molecule has 0 saturated carbocycles. The lowest BCUT2D eigenvalue weighted by Crippen LogP contribution is -2.37. The SMILES string of the molecule is Nc1ncc(-c2nc3c(c(N4CCOCC4)n2)SC(c2ccc(N4CCOCC4)cc2)C3)cn1. The van der Waals surface area contributed by atoms with Crippen LogP contribution in [0.1, 0.15) is 16.5 Å². The Kier molecular flexibility index (Phi) is 5.94.